The first-order chi connectivity index (χ1) is 8.36. The number of carbonyl (C=O) groups is 2. The summed E-state index contributed by atoms with van der Waals surface area (Å²) in [6, 6.07) is 5.65. The van der Waals surface area contributed by atoms with Gasteiger partial charge < -0.3 is 0 Å². The Kier molecular flexibility index (Phi) is 3.47. The molecule has 0 aliphatic carbocycles. The zero-order chi connectivity index (χ0) is 13.3. The topological polar surface area (TPSA) is 80.3 Å². The Labute approximate surface area is 112 Å². The monoisotopic (exact) mass is 303 g/mol. The number of hydrogen-bond donors (Lipinski definition) is 1. The van der Waals surface area contributed by atoms with Gasteiger partial charge in [0.1, 0.15) is 0 Å². The molecule has 0 radical (unpaired) electrons. The maximum Gasteiger partial charge on any atom is 0.290 e. The van der Waals surface area contributed by atoms with Gasteiger partial charge in [-0.2, -0.15) is 0 Å². The molecule has 1 aromatic rings. The molecule has 5 nitrogen and oxygen atoms in total. The third kappa shape index (κ3) is 2.92. The average molecular weight is 304 g/mol. The molecule has 0 aromatic heterocycles. The number of thioether (sulfide) groups is 1. The van der Waals surface area contributed by atoms with E-state index in [-0.39, 0.29) is 9.80 Å². The fourth-order valence-electron chi connectivity index (χ4n) is 1.30. The maximum atomic E-state index is 11.3. The lowest BCUT2D eigenvalue weighted by Crippen LogP contribution is -2.17. The van der Waals surface area contributed by atoms with E-state index in [1.165, 1.54) is 30.3 Å². The number of nitrogens with one attached hydrogen (secondary N) is 1. The van der Waals surface area contributed by atoms with Crippen LogP contribution >= 0.6 is 22.4 Å². The van der Waals surface area contributed by atoms with Crippen molar-refractivity contribution in [2.24, 2.45) is 0 Å². The number of hydrogen-bond acceptors (Lipinski definition) is 5. The van der Waals surface area contributed by atoms with E-state index in [0.29, 0.717) is 5.56 Å². The van der Waals surface area contributed by atoms with Crippen molar-refractivity contribution in [3.05, 3.63) is 34.7 Å². The van der Waals surface area contributed by atoms with Gasteiger partial charge >= 0.3 is 0 Å². The second kappa shape index (κ2) is 4.75. The number of amides is 2. The molecule has 0 bridgehead atoms. The molecule has 1 aromatic carbocycles. The van der Waals surface area contributed by atoms with Crippen molar-refractivity contribution in [2.75, 3.05) is 0 Å². The van der Waals surface area contributed by atoms with Crippen LogP contribution in [-0.4, -0.2) is 19.6 Å². The van der Waals surface area contributed by atoms with Crippen molar-refractivity contribution in [1.29, 1.82) is 0 Å². The maximum absolute atomic E-state index is 11.3. The molecule has 1 N–H and O–H groups in total. The van der Waals surface area contributed by atoms with Crippen LogP contribution < -0.4 is 5.32 Å². The Morgan fingerprint density at radius 1 is 1.17 bits per heavy atom. The molecule has 1 aliphatic rings. The van der Waals surface area contributed by atoms with E-state index >= 15 is 0 Å². The van der Waals surface area contributed by atoms with Crippen molar-refractivity contribution in [3.8, 4) is 0 Å². The molecule has 18 heavy (non-hydrogen) atoms. The van der Waals surface area contributed by atoms with E-state index in [9.17, 15) is 18.0 Å². The predicted octanol–water partition coefficient (Wildman–Crippen LogP) is 1.94. The van der Waals surface area contributed by atoms with Crippen LogP contribution in [0, 0.1) is 0 Å². The molecule has 1 heterocycles. The van der Waals surface area contributed by atoms with Crippen LogP contribution in [0.15, 0.2) is 34.1 Å². The van der Waals surface area contributed by atoms with Crippen molar-refractivity contribution in [1.82, 2.24) is 5.32 Å². The second-order valence-electron chi connectivity index (χ2n) is 3.36. The Morgan fingerprint density at radius 3 is 2.22 bits per heavy atom. The molecule has 8 heteroatoms. The number of benzene rings is 1. The van der Waals surface area contributed by atoms with Crippen LogP contribution in [0.2, 0.25) is 0 Å². The summed E-state index contributed by atoms with van der Waals surface area (Å²) in [7, 11) is 1.41. The zero-order valence-electron chi connectivity index (χ0n) is 8.71. The molecule has 0 saturated carbocycles. The first-order valence-electron chi connectivity index (χ1n) is 4.66. The number of halogens is 1. The largest absolute Gasteiger partial charge is 0.290 e. The van der Waals surface area contributed by atoms with E-state index < -0.39 is 20.2 Å². The molecular weight excluding hydrogens is 298 g/mol. The third-order valence-electron chi connectivity index (χ3n) is 2.10. The van der Waals surface area contributed by atoms with E-state index in [2.05, 4.69) is 5.32 Å². The zero-order valence-corrected chi connectivity index (χ0v) is 11.1. The minimum atomic E-state index is -3.75. The van der Waals surface area contributed by atoms with Gasteiger partial charge in [0.15, 0.2) is 0 Å². The van der Waals surface area contributed by atoms with Gasteiger partial charge in [-0.1, -0.05) is 12.1 Å². The van der Waals surface area contributed by atoms with Gasteiger partial charge in [0, 0.05) is 10.7 Å². The molecule has 1 saturated heterocycles. The first-order valence-corrected chi connectivity index (χ1v) is 7.78. The van der Waals surface area contributed by atoms with Crippen LogP contribution in [-0.2, 0) is 13.8 Å². The average Bonchev–Trinajstić information content (AvgIpc) is 2.57. The third-order valence-corrected chi connectivity index (χ3v) is 4.28. The van der Waals surface area contributed by atoms with Crippen LogP contribution in [0.25, 0.3) is 6.08 Å². The second-order valence-corrected chi connectivity index (χ2v) is 6.94. The van der Waals surface area contributed by atoms with E-state index in [1.54, 1.807) is 0 Å². The number of carbonyl (C=O) groups excluding carboxylic acids is 2. The Balaban J connectivity index is 2.29. The van der Waals surface area contributed by atoms with Crippen molar-refractivity contribution < 1.29 is 18.0 Å². The first kappa shape index (κ1) is 13.1. The minimum Gasteiger partial charge on any atom is -0.282 e. The Hall–Kier alpha value is -1.31. The highest BCUT2D eigenvalue weighted by Gasteiger charge is 2.24. The van der Waals surface area contributed by atoms with Crippen molar-refractivity contribution in [2.45, 2.75) is 4.90 Å². The summed E-state index contributed by atoms with van der Waals surface area (Å²) in [4.78, 5) is 22.5. The molecule has 0 atom stereocenters. The van der Waals surface area contributed by atoms with Crippen LogP contribution in [0.1, 0.15) is 5.56 Å². The molecule has 94 valence electrons. The fourth-order valence-corrected chi connectivity index (χ4v) is 2.75. The molecule has 1 fully saturated rings. The van der Waals surface area contributed by atoms with Crippen LogP contribution in [0.5, 0.6) is 0 Å². The molecule has 0 unspecified atom stereocenters. The van der Waals surface area contributed by atoms with Gasteiger partial charge in [0.25, 0.3) is 20.2 Å². The lowest BCUT2D eigenvalue weighted by molar-refractivity contribution is -0.115. The van der Waals surface area contributed by atoms with E-state index in [1.807, 2.05) is 0 Å². The SMILES string of the molecule is O=C1NC(=O)/C(=C/c2ccc(S(=O)(=O)Cl)cc2)S1. The summed E-state index contributed by atoms with van der Waals surface area (Å²) in [5.41, 5.74) is 0.603. The Morgan fingerprint density at radius 2 is 1.78 bits per heavy atom. The van der Waals surface area contributed by atoms with Gasteiger partial charge in [0.2, 0.25) is 0 Å². The standard InChI is InChI=1S/C10H6ClNO4S2/c11-18(15,16)7-3-1-6(2-4-7)5-8-9(13)12-10(14)17-8/h1-5H,(H,12,13,14)/b8-5-. The molecule has 1 aliphatic heterocycles. The molecule has 2 amide bonds. The van der Waals surface area contributed by atoms with Gasteiger partial charge in [0.05, 0.1) is 9.80 Å². The lowest BCUT2D eigenvalue weighted by Gasteiger charge is -1.97. The summed E-state index contributed by atoms with van der Waals surface area (Å²) in [5.74, 6) is -0.459. The van der Waals surface area contributed by atoms with Gasteiger partial charge in [-0.15, -0.1) is 0 Å². The van der Waals surface area contributed by atoms with Crippen molar-refractivity contribution >= 4 is 48.7 Å². The highest BCUT2D eigenvalue weighted by Crippen LogP contribution is 2.26. The highest BCUT2D eigenvalue weighted by molar-refractivity contribution is 8.18. The molecule has 0 spiro atoms. The van der Waals surface area contributed by atoms with Gasteiger partial charge in [-0.05, 0) is 35.5 Å². The normalized spacial score (nSPS) is 18.2. The molecule has 2 rings (SSSR count). The smallest absolute Gasteiger partial charge is 0.282 e. The van der Waals surface area contributed by atoms with E-state index in [0.717, 1.165) is 11.8 Å². The quantitative estimate of drug-likeness (QED) is 0.667. The van der Waals surface area contributed by atoms with E-state index in [4.69, 9.17) is 10.7 Å². The molecular formula is C10H6ClNO4S2. The summed E-state index contributed by atoms with van der Waals surface area (Å²) in [5, 5.41) is 1.70. The lowest BCUT2D eigenvalue weighted by atomic mass is 10.2. The van der Waals surface area contributed by atoms with Crippen molar-refractivity contribution in [3.63, 3.8) is 0 Å². The van der Waals surface area contributed by atoms with Gasteiger partial charge in [-0.25, -0.2) is 8.42 Å². The Bertz CT molecular complexity index is 649. The predicted molar refractivity (Wildman–Crippen MR) is 68.6 cm³/mol. The highest BCUT2D eigenvalue weighted by atomic mass is 35.7. The number of rotatable bonds is 2. The number of imide groups is 1. The van der Waals surface area contributed by atoms with Gasteiger partial charge in [-0.3, -0.25) is 14.9 Å². The fraction of sp³-hybridized carbons (Fsp3) is 0. The summed E-state index contributed by atoms with van der Waals surface area (Å²) in [6.45, 7) is 0. The summed E-state index contributed by atoms with van der Waals surface area (Å²) in [6.07, 6.45) is 1.50. The van der Waals surface area contributed by atoms with Crippen LogP contribution in [0.3, 0.4) is 0 Å². The van der Waals surface area contributed by atoms with Crippen LogP contribution in [0.4, 0.5) is 4.79 Å². The summed E-state index contributed by atoms with van der Waals surface area (Å²) < 4.78 is 22.0. The summed E-state index contributed by atoms with van der Waals surface area (Å²) >= 11 is 0.795. The minimum absolute atomic E-state index is 0.0223.